The quantitative estimate of drug-likeness (QED) is 0.437. The van der Waals surface area contributed by atoms with E-state index in [0.29, 0.717) is 6.42 Å². The molecule has 1 N–H and O–H groups in total. The van der Waals surface area contributed by atoms with Gasteiger partial charge in [-0.2, -0.15) is 9.78 Å². The number of rotatable bonds is 2. The summed E-state index contributed by atoms with van der Waals surface area (Å²) in [6.07, 6.45) is 0.436. The number of halogens is 1. The van der Waals surface area contributed by atoms with Crippen LogP contribution in [0.2, 0.25) is 0 Å². The van der Waals surface area contributed by atoms with Crippen molar-refractivity contribution in [1.29, 1.82) is 0 Å². The molecule has 0 aliphatic carbocycles. The molecule has 3 aromatic heterocycles. The van der Waals surface area contributed by atoms with Crippen molar-refractivity contribution in [3.63, 3.8) is 0 Å². The van der Waals surface area contributed by atoms with Gasteiger partial charge in [0.15, 0.2) is 0 Å². The van der Waals surface area contributed by atoms with Crippen LogP contribution in [0.25, 0.3) is 15.3 Å². The normalized spacial score (nSPS) is 16.6. The second kappa shape index (κ2) is 6.25. The number of fused-ring (bicyclic) bond motifs is 2. The summed E-state index contributed by atoms with van der Waals surface area (Å²) in [4.78, 5) is 18.4. The van der Waals surface area contributed by atoms with E-state index < -0.39 is 0 Å². The predicted molar refractivity (Wildman–Crippen MR) is 113 cm³/mol. The van der Waals surface area contributed by atoms with Gasteiger partial charge in [0.2, 0.25) is 11.0 Å². The molecule has 0 unspecified atom stereocenters. The summed E-state index contributed by atoms with van der Waals surface area (Å²) in [6.45, 7) is 4.07. The highest BCUT2D eigenvalue weighted by Crippen LogP contribution is 2.43. The number of anilines is 1. The number of aromatic nitrogens is 3. The van der Waals surface area contributed by atoms with Gasteiger partial charge in [-0.05, 0) is 59.6 Å². The lowest BCUT2D eigenvalue weighted by atomic mass is 9.91. The van der Waals surface area contributed by atoms with Crippen LogP contribution >= 0.6 is 38.6 Å². The number of nitrogens with zero attached hydrogens (tertiary/aromatic N) is 3. The molecule has 8 heteroatoms. The number of hydrogen-bond acceptors (Lipinski definition) is 5. The van der Waals surface area contributed by atoms with Crippen LogP contribution < -0.4 is 5.32 Å². The summed E-state index contributed by atoms with van der Waals surface area (Å²) in [5.41, 5.74) is 4.16. The molecule has 136 valence electrons. The van der Waals surface area contributed by atoms with Crippen molar-refractivity contribution in [2.45, 2.75) is 26.2 Å². The highest BCUT2D eigenvalue weighted by atomic mass is 79.9. The monoisotopic (exact) mass is 458 g/mol. The van der Waals surface area contributed by atoms with Gasteiger partial charge in [0.05, 0.1) is 19.7 Å². The van der Waals surface area contributed by atoms with E-state index in [1.54, 1.807) is 27.4 Å². The van der Waals surface area contributed by atoms with Gasteiger partial charge >= 0.3 is 0 Å². The van der Waals surface area contributed by atoms with Gasteiger partial charge in [-0.15, -0.1) is 11.3 Å². The van der Waals surface area contributed by atoms with Gasteiger partial charge < -0.3 is 5.32 Å². The van der Waals surface area contributed by atoms with Crippen molar-refractivity contribution < 1.29 is 4.79 Å². The predicted octanol–water partition coefficient (Wildman–Crippen LogP) is 5.40. The average molecular weight is 459 g/mol. The minimum Gasteiger partial charge on any atom is -0.310 e. The number of aryl methyl sites for hydroxylation is 2. The number of amides is 1. The fraction of sp³-hybridized carbons (Fsp3) is 0.211. The van der Waals surface area contributed by atoms with Crippen LogP contribution in [0.15, 0.2) is 34.1 Å². The van der Waals surface area contributed by atoms with Crippen LogP contribution in [0.4, 0.5) is 5.82 Å². The molecule has 1 amide bonds. The Morgan fingerprint density at radius 2 is 2.07 bits per heavy atom. The Hall–Kier alpha value is -2.03. The van der Waals surface area contributed by atoms with Gasteiger partial charge in [-0.25, -0.2) is 4.98 Å². The van der Waals surface area contributed by atoms with Crippen molar-refractivity contribution in [3.05, 3.63) is 55.8 Å². The summed E-state index contributed by atoms with van der Waals surface area (Å²) in [6, 6.07) is 10.3. The molecule has 0 spiro atoms. The Kier molecular flexibility index (Phi) is 3.96. The lowest BCUT2D eigenvalue weighted by Crippen LogP contribution is -2.24. The Balaban J connectivity index is 1.68. The summed E-state index contributed by atoms with van der Waals surface area (Å²) in [5.74, 6) is 0.777. The molecule has 0 fully saturated rings. The molecule has 1 aliphatic heterocycles. The van der Waals surface area contributed by atoms with Crippen molar-refractivity contribution in [1.82, 2.24) is 14.8 Å². The molecule has 0 saturated carbocycles. The van der Waals surface area contributed by atoms with Crippen LogP contribution in [0.1, 0.15) is 34.0 Å². The molecule has 27 heavy (non-hydrogen) atoms. The first-order valence-corrected chi connectivity index (χ1v) is 10.9. The Morgan fingerprint density at radius 3 is 2.85 bits per heavy atom. The number of nitrogens with one attached hydrogen (secondary N) is 1. The van der Waals surface area contributed by atoms with Crippen LogP contribution in [-0.4, -0.2) is 20.7 Å². The number of carbonyl (C=O) groups is 1. The third-order valence-electron chi connectivity index (χ3n) is 4.75. The van der Waals surface area contributed by atoms with E-state index in [2.05, 4.69) is 46.4 Å². The summed E-state index contributed by atoms with van der Waals surface area (Å²) in [5, 5.41) is 8.54. The lowest BCUT2D eigenvalue weighted by Gasteiger charge is -2.22. The van der Waals surface area contributed by atoms with Crippen molar-refractivity contribution in [3.8, 4) is 5.13 Å². The standard InChI is InChI=1S/C19H15BrN4OS2/c1-9-3-4-12-14(7-9)27-19(21-12)24-18-17(10(2)23-24)11(8-16(25)22-18)13-5-6-15(20)26-13/h3-7,11H,8H2,1-2H3,(H,22,25)/t11-/m1/s1. The molecule has 1 aliphatic rings. The van der Waals surface area contributed by atoms with Gasteiger partial charge in [0.25, 0.3) is 0 Å². The molecule has 5 nitrogen and oxygen atoms in total. The van der Waals surface area contributed by atoms with Crippen LogP contribution in [0, 0.1) is 13.8 Å². The van der Waals surface area contributed by atoms with E-state index in [0.717, 1.165) is 36.2 Å². The smallest absolute Gasteiger partial charge is 0.226 e. The SMILES string of the molecule is Cc1ccc2nc(-n3nc(C)c4c3NC(=O)C[C@@H]4c3ccc(Br)s3)sc2c1. The zero-order chi connectivity index (χ0) is 18.7. The number of carbonyl (C=O) groups excluding carboxylic acids is 1. The van der Waals surface area contributed by atoms with E-state index in [-0.39, 0.29) is 11.8 Å². The molecule has 4 heterocycles. The van der Waals surface area contributed by atoms with E-state index >= 15 is 0 Å². The van der Waals surface area contributed by atoms with E-state index in [1.807, 2.05) is 19.1 Å². The fourth-order valence-electron chi connectivity index (χ4n) is 3.55. The minimum atomic E-state index is 0.00938. The first-order valence-electron chi connectivity index (χ1n) is 8.52. The summed E-state index contributed by atoms with van der Waals surface area (Å²) in [7, 11) is 0. The summed E-state index contributed by atoms with van der Waals surface area (Å²) < 4.78 is 3.97. The number of thiophene rings is 1. The second-order valence-electron chi connectivity index (χ2n) is 6.67. The molecule has 0 radical (unpaired) electrons. The molecular formula is C19H15BrN4OS2. The molecule has 5 rings (SSSR count). The Bertz CT molecular complexity index is 1210. The minimum absolute atomic E-state index is 0.00938. The third-order valence-corrected chi connectivity index (χ3v) is 7.48. The lowest BCUT2D eigenvalue weighted by molar-refractivity contribution is -0.116. The topological polar surface area (TPSA) is 59.8 Å². The average Bonchev–Trinajstić information content (AvgIpc) is 3.31. The van der Waals surface area contributed by atoms with E-state index in [1.165, 1.54) is 10.4 Å². The third kappa shape index (κ3) is 2.83. The van der Waals surface area contributed by atoms with Crippen molar-refractivity contribution in [2.75, 3.05) is 5.32 Å². The number of benzene rings is 1. The van der Waals surface area contributed by atoms with Crippen LogP contribution in [-0.2, 0) is 4.79 Å². The number of hydrogen-bond donors (Lipinski definition) is 1. The fourth-order valence-corrected chi connectivity index (χ4v) is 6.11. The Morgan fingerprint density at radius 1 is 1.22 bits per heavy atom. The van der Waals surface area contributed by atoms with Gasteiger partial charge in [-0.3, -0.25) is 4.79 Å². The van der Waals surface area contributed by atoms with Crippen LogP contribution in [0.5, 0.6) is 0 Å². The van der Waals surface area contributed by atoms with Crippen molar-refractivity contribution in [2.24, 2.45) is 0 Å². The van der Waals surface area contributed by atoms with Gasteiger partial charge in [0, 0.05) is 22.8 Å². The zero-order valence-electron chi connectivity index (χ0n) is 14.6. The second-order valence-corrected chi connectivity index (χ2v) is 10.2. The highest BCUT2D eigenvalue weighted by Gasteiger charge is 2.34. The molecule has 4 aromatic rings. The molecule has 0 saturated heterocycles. The van der Waals surface area contributed by atoms with Gasteiger partial charge in [0.1, 0.15) is 5.82 Å². The number of thiazole rings is 1. The van der Waals surface area contributed by atoms with E-state index in [9.17, 15) is 4.79 Å². The summed E-state index contributed by atoms with van der Waals surface area (Å²) >= 11 is 6.78. The molecule has 0 bridgehead atoms. The first kappa shape index (κ1) is 17.1. The van der Waals surface area contributed by atoms with Gasteiger partial charge in [-0.1, -0.05) is 17.4 Å². The first-order chi connectivity index (χ1) is 13.0. The maximum atomic E-state index is 12.4. The highest BCUT2D eigenvalue weighted by molar-refractivity contribution is 9.11. The molecule has 1 atom stereocenters. The van der Waals surface area contributed by atoms with Crippen molar-refractivity contribution >= 4 is 60.5 Å². The maximum absolute atomic E-state index is 12.4. The Labute approximate surface area is 172 Å². The largest absolute Gasteiger partial charge is 0.310 e. The molecular weight excluding hydrogens is 444 g/mol. The maximum Gasteiger partial charge on any atom is 0.226 e. The molecule has 1 aromatic carbocycles. The zero-order valence-corrected chi connectivity index (χ0v) is 17.8. The van der Waals surface area contributed by atoms with E-state index in [4.69, 9.17) is 10.1 Å². The van der Waals surface area contributed by atoms with Crippen LogP contribution in [0.3, 0.4) is 0 Å².